The molecule has 2 atom stereocenters. The molecule has 0 bridgehead atoms. The number of rotatable bonds is 8. The lowest BCUT2D eigenvalue weighted by Crippen LogP contribution is -2.48. The molecule has 1 aromatic heterocycles. The van der Waals surface area contributed by atoms with Crippen molar-refractivity contribution in [1.82, 2.24) is 20.3 Å². The number of thioether (sulfide) groups is 1. The Hall–Kier alpha value is -2.42. The van der Waals surface area contributed by atoms with Gasteiger partial charge in [0, 0.05) is 0 Å². The van der Waals surface area contributed by atoms with Crippen LogP contribution in [0.25, 0.3) is 10.9 Å². The second-order valence-corrected chi connectivity index (χ2v) is 7.21. The van der Waals surface area contributed by atoms with Crippen LogP contribution in [-0.4, -0.2) is 50.0 Å². The Morgan fingerprint density at radius 1 is 1.31 bits per heavy atom. The zero-order valence-electron chi connectivity index (χ0n) is 14.9. The van der Waals surface area contributed by atoms with Crippen LogP contribution in [0.1, 0.15) is 26.3 Å². The van der Waals surface area contributed by atoms with Crippen LogP contribution in [0, 0.1) is 5.92 Å². The minimum Gasteiger partial charge on any atom is -0.480 e. The van der Waals surface area contributed by atoms with Gasteiger partial charge in [0.2, 0.25) is 5.91 Å². The zero-order valence-corrected chi connectivity index (χ0v) is 15.7. The fourth-order valence-electron chi connectivity index (χ4n) is 2.56. The van der Waals surface area contributed by atoms with Crippen LogP contribution in [0.15, 0.2) is 29.1 Å². The molecule has 0 radical (unpaired) electrons. The van der Waals surface area contributed by atoms with Crippen molar-refractivity contribution >= 4 is 34.5 Å². The molecule has 0 saturated carbocycles. The molecule has 9 heteroatoms. The number of hydrogen-bond acceptors (Lipinski definition) is 6. The van der Waals surface area contributed by atoms with E-state index in [1.165, 1.54) is 11.8 Å². The minimum atomic E-state index is -1.12. The van der Waals surface area contributed by atoms with Crippen molar-refractivity contribution in [3.63, 3.8) is 0 Å². The number of amides is 1. The average molecular weight is 378 g/mol. The van der Waals surface area contributed by atoms with Crippen LogP contribution in [0.3, 0.4) is 0 Å². The molecule has 1 amide bonds. The third-order valence-electron chi connectivity index (χ3n) is 4.02. The molecule has 0 aliphatic carbocycles. The lowest BCUT2D eigenvalue weighted by molar-refractivity contribution is -0.143. The topological polar surface area (TPSA) is 114 Å². The van der Waals surface area contributed by atoms with E-state index in [-0.39, 0.29) is 5.92 Å². The standard InChI is InChI=1S/C17H22N4O4S/c1-10(2)14(17(24)25)18-15(22)13(8-9-26-3)21-16(23)11-6-4-5-7-12(11)19-20-21/h4-7,10,13-14H,8-9H2,1-3H3,(H,18,22)(H,24,25). The van der Waals surface area contributed by atoms with E-state index in [1.807, 2.05) is 6.26 Å². The molecular weight excluding hydrogens is 356 g/mol. The summed E-state index contributed by atoms with van der Waals surface area (Å²) in [6.07, 6.45) is 2.22. The molecule has 2 unspecified atom stereocenters. The summed E-state index contributed by atoms with van der Waals surface area (Å²) < 4.78 is 1.05. The number of carboxylic acid groups (broad SMARTS) is 1. The Balaban J connectivity index is 2.41. The Labute approximate surface area is 155 Å². The summed E-state index contributed by atoms with van der Waals surface area (Å²) in [5.41, 5.74) is 0.0247. The fraction of sp³-hybridized carbons (Fsp3) is 0.471. The van der Waals surface area contributed by atoms with Gasteiger partial charge in [-0.2, -0.15) is 16.4 Å². The van der Waals surface area contributed by atoms with Crippen LogP contribution in [0.5, 0.6) is 0 Å². The number of carboxylic acids is 1. The normalized spacial score (nSPS) is 13.5. The maximum absolute atomic E-state index is 12.7. The van der Waals surface area contributed by atoms with E-state index in [0.29, 0.717) is 23.1 Å². The molecule has 140 valence electrons. The predicted molar refractivity (Wildman–Crippen MR) is 100 cm³/mol. The van der Waals surface area contributed by atoms with Crippen molar-refractivity contribution in [2.75, 3.05) is 12.0 Å². The number of aromatic nitrogens is 3. The molecule has 0 fully saturated rings. The lowest BCUT2D eigenvalue weighted by Gasteiger charge is -2.22. The molecule has 2 N–H and O–H groups in total. The number of aliphatic carboxylic acids is 1. The Morgan fingerprint density at radius 2 is 2.00 bits per heavy atom. The van der Waals surface area contributed by atoms with Gasteiger partial charge in [-0.3, -0.25) is 9.59 Å². The summed E-state index contributed by atoms with van der Waals surface area (Å²) in [5.74, 6) is -1.35. The first-order chi connectivity index (χ1) is 12.4. The predicted octanol–water partition coefficient (Wildman–Crippen LogP) is 1.31. The summed E-state index contributed by atoms with van der Waals surface area (Å²) >= 11 is 1.52. The third kappa shape index (κ3) is 4.40. The first-order valence-corrected chi connectivity index (χ1v) is 9.62. The second-order valence-electron chi connectivity index (χ2n) is 6.22. The molecule has 0 saturated heterocycles. The summed E-state index contributed by atoms with van der Waals surface area (Å²) in [4.78, 5) is 36.9. The smallest absolute Gasteiger partial charge is 0.326 e. The van der Waals surface area contributed by atoms with Gasteiger partial charge in [-0.25, -0.2) is 4.79 Å². The van der Waals surface area contributed by atoms with Gasteiger partial charge in [0.15, 0.2) is 0 Å². The number of benzene rings is 1. The highest BCUT2D eigenvalue weighted by atomic mass is 32.2. The summed E-state index contributed by atoms with van der Waals surface area (Å²) in [7, 11) is 0. The van der Waals surface area contributed by atoms with Gasteiger partial charge >= 0.3 is 5.97 Å². The average Bonchev–Trinajstić information content (AvgIpc) is 2.61. The van der Waals surface area contributed by atoms with Gasteiger partial charge in [0.25, 0.3) is 5.56 Å². The van der Waals surface area contributed by atoms with Crippen molar-refractivity contribution in [3.05, 3.63) is 34.6 Å². The maximum Gasteiger partial charge on any atom is 0.326 e. The van der Waals surface area contributed by atoms with Gasteiger partial charge < -0.3 is 10.4 Å². The van der Waals surface area contributed by atoms with Gasteiger partial charge in [-0.1, -0.05) is 31.2 Å². The lowest BCUT2D eigenvalue weighted by atomic mass is 10.0. The molecular formula is C17H22N4O4S. The monoisotopic (exact) mass is 378 g/mol. The van der Waals surface area contributed by atoms with Crippen LogP contribution in [0.2, 0.25) is 0 Å². The van der Waals surface area contributed by atoms with Gasteiger partial charge in [0.1, 0.15) is 17.6 Å². The zero-order chi connectivity index (χ0) is 19.3. The highest BCUT2D eigenvalue weighted by molar-refractivity contribution is 7.98. The number of nitrogens with zero attached hydrogens (tertiary/aromatic N) is 3. The SMILES string of the molecule is CSCCC(C(=O)NC(C(=O)O)C(C)C)n1nnc2ccccc2c1=O. The molecule has 1 heterocycles. The minimum absolute atomic E-state index is 0.294. The fourth-order valence-corrected chi connectivity index (χ4v) is 3.02. The van der Waals surface area contributed by atoms with E-state index >= 15 is 0 Å². The van der Waals surface area contributed by atoms with Gasteiger partial charge in [0.05, 0.1) is 5.39 Å². The van der Waals surface area contributed by atoms with E-state index in [2.05, 4.69) is 15.6 Å². The van der Waals surface area contributed by atoms with Gasteiger partial charge in [-0.15, -0.1) is 5.10 Å². The Bertz CT molecular complexity index is 852. The van der Waals surface area contributed by atoms with E-state index < -0.39 is 29.5 Å². The molecule has 2 aromatic rings. The summed E-state index contributed by atoms with van der Waals surface area (Å²) in [5, 5.41) is 20.1. The van der Waals surface area contributed by atoms with Crippen molar-refractivity contribution in [3.8, 4) is 0 Å². The van der Waals surface area contributed by atoms with Gasteiger partial charge in [-0.05, 0) is 36.5 Å². The van der Waals surface area contributed by atoms with Crippen LogP contribution >= 0.6 is 11.8 Å². The van der Waals surface area contributed by atoms with E-state index in [4.69, 9.17) is 0 Å². The number of nitrogens with one attached hydrogen (secondary N) is 1. The molecule has 1 aromatic carbocycles. The molecule has 8 nitrogen and oxygen atoms in total. The first kappa shape index (κ1) is 19.9. The van der Waals surface area contributed by atoms with Crippen LogP contribution in [0.4, 0.5) is 0 Å². The molecule has 0 aliphatic heterocycles. The van der Waals surface area contributed by atoms with E-state index in [9.17, 15) is 19.5 Å². The number of fused-ring (bicyclic) bond motifs is 1. The number of hydrogen-bond donors (Lipinski definition) is 2. The maximum atomic E-state index is 12.7. The van der Waals surface area contributed by atoms with Crippen molar-refractivity contribution in [2.45, 2.75) is 32.4 Å². The Kier molecular flexibility index (Phi) is 6.73. The highest BCUT2D eigenvalue weighted by Gasteiger charge is 2.29. The van der Waals surface area contributed by atoms with Crippen molar-refractivity contribution in [1.29, 1.82) is 0 Å². The largest absolute Gasteiger partial charge is 0.480 e. The number of carbonyl (C=O) groups is 2. The van der Waals surface area contributed by atoms with Crippen molar-refractivity contribution in [2.24, 2.45) is 5.92 Å². The third-order valence-corrected chi connectivity index (χ3v) is 4.66. The molecule has 26 heavy (non-hydrogen) atoms. The van der Waals surface area contributed by atoms with Crippen LogP contribution in [-0.2, 0) is 9.59 Å². The van der Waals surface area contributed by atoms with Crippen LogP contribution < -0.4 is 10.9 Å². The number of carbonyl (C=O) groups excluding carboxylic acids is 1. The molecule has 0 spiro atoms. The van der Waals surface area contributed by atoms with E-state index in [0.717, 1.165) is 4.68 Å². The molecule has 2 rings (SSSR count). The second kappa shape index (κ2) is 8.79. The van der Waals surface area contributed by atoms with E-state index in [1.54, 1.807) is 38.1 Å². The Morgan fingerprint density at radius 3 is 2.62 bits per heavy atom. The summed E-state index contributed by atoms with van der Waals surface area (Å²) in [6, 6.07) is 4.80. The highest BCUT2D eigenvalue weighted by Crippen LogP contribution is 2.15. The first-order valence-electron chi connectivity index (χ1n) is 8.23. The van der Waals surface area contributed by atoms with Crippen molar-refractivity contribution < 1.29 is 14.7 Å². The summed E-state index contributed by atoms with van der Waals surface area (Å²) in [6.45, 7) is 3.41. The molecule has 0 aliphatic rings. The quantitative estimate of drug-likeness (QED) is 0.712.